The molecular weight excluding hydrogens is 390 g/mol. The minimum Gasteiger partial charge on any atom is -0.354 e. The third kappa shape index (κ3) is 5.16. The van der Waals surface area contributed by atoms with E-state index in [0.29, 0.717) is 24.7 Å². The van der Waals surface area contributed by atoms with Gasteiger partial charge in [-0.3, -0.25) is 14.7 Å². The second kappa shape index (κ2) is 9.89. The summed E-state index contributed by atoms with van der Waals surface area (Å²) in [5, 5.41) is 13.5. The van der Waals surface area contributed by atoms with Crippen molar-refractivity contribution in [2.24, 2.45) is 5.92 Å². The molecule has 2 fully saturated rings. The van der Waals surface area contributed by atoms with Gasteiger partial charge in [0, 0.05) is 25.2 Å². The van der Waals surface area contributed by atoms with Crippen LogP contribution in [0.4, 0.5) is 0 Å². The van der Waals surface area contributed by atoms with E-state index in [4.69, 9.17) is 0 Å². The number of amides is 2. The quantitative estimate of drug-likeness (QED) is 0.695. The zero-order valence-electron chi connectivity index (χ0n) is 16.4. The van der Waals surface area contributed by atoms with Crippen molar-refractivity contribution in [2.75, 3.05) is 26.2 Å². The molecule has 0 bridgehead atoms. The van der Waals surface area contributed by atoms with Gasteiger partial charge in [-0.15, -0.1) is 12.4 Å². The highest BCUT2D eigenvalue weighted by molar-refractivity contribution is 5.93. The SMILES string of the molecule is Cl.O=C(NCC1CCCN(C(=O)c2cc(-c3ccccc3)n[nH]2)C1)C1CCCN1. The molecule has 2 saturated heterocycles. The molecule has 0 radical (unpaired) electrons. The molecule has 2 aliphatic heterocycles. The average Bonchev–Trinajstić information content (AvgIpc) is 3.45. The molecule has 2 amide bonds. The maximum Gasteiger partial charge on any atom is 0.271 e. The Morgan fingerprint density at radius 1 is 1.17 bits per heavy atom. The zero-order chi connectivity index (χ0) is 19.3. The van der Waals surface area contributed by atoms with Gasteiger partial charge in [0.05, 0.1) is 11.7 Å². The number of H-pyrrole nitrogens is 1. The average molecular weight is 418 g/mol. The van der Waals surface area contributed by atoms with Crippen LogP contribution in [0.3, 0.4) is 0 Å². The lowest BCUT2D eigenvalue weighted by Gasteiger charge is -2.32. The molecule has 8 heteroatoms. The highest BCUT2D eigenvalue weighted by atomic mass is 35.5. The molecule has 3 N–H and O–H groups in total. The fourth-order valence-corrected chi connectivity index (χ4v) is 4.05. The fourth-order valence-electron chi connectivity index (χ4n) is 4.05. The van der Waals surface area contributed by atoms with Crippen LogP contribution in [0.15, 0.2) is 36.4 Å². The number of hydrogen-bond acceptors (Lipinski definition) is 4. The summed E-state index contributed by atoms with van der Waals surface area (Å²) in [5.74, 6) is 0.352. The fraction of sp³-hybridized carbons (Fsp3) is 0.476. The van der Waals surface area contributed by atoms with Gasteiger partial charge in [-0.05, 0) is 44.2 Å². The molecule has 0 aliphatic carbocycles. The van der Waals surface area contributed by atoms with Crippen molar-refractivity contribution in [2.45, 2.75) is 31.7 Å². The first kappa shape index (κ1) is 21.3. The summed E-state index contributed by atoms with van der Waals surface area (Å²) in [4.78, 5) is 27.0. The third-order valence-electron chi connectivity index (χ3n) is 5.63. The zero-order valence-corrected chi connectivity index (χ0v) is 17.2. The van der Waals surface area contributed by atoms with Gasteiger partial charge in [0.2, 0.25) is 5.91 Å². The van der Waals surface area contributed by atoms with E-state index in [2.05, 4.69) is 20.8 Å². The first-order valence-electron chi connectivity index (χ1n) is 10.1. The van der Waals surface area contributed by atoms with Gasteiger partial charge in [-0.1, -0.05) is 30.3 Å². The predicted octanol–water partition coefficient (Wildman–Crippen LogP) is 2.22. The van der Waals surface area contributed by atoms with Crippen LogP contribution in [-0.4, -0.2) is 59.1 Å². The van der Waals surface area contributed by atoms with Crippen molar-refractivity contribution in [1.29, 1.82) is 0 Å². The first-order valence-corrected chi connectivity index (χ1v) is 10.1. The number of likely N-dealkylation sites (tertiary alicyclic amines) is 1. The normalized spacial score (nSPS) is 21.4. The maximum absolute atomic E-state index is 12.9. The Morgan fingerprint density at radius 3 is 2.76 bits per heavy atom. The number of nitrogens with zero attached hydrogens (tertiary/aromatic N) is 2. The summed E-state index contributed by atoms with van der Waals surface area (Å²) in [7, 11) is 0. The molecule has 4 rings (SSSR count). The largest absolute Gasteiger partial charge is 0.354 e. The Balaban J connectivity index is 0.00000240. The molecule has 156 valence electrons. The highest BCUT2D eigenvalue weighted by Gasteiger charge is 2.27. The smallest absolute Gasteiger partial charge is 0.271 e. The van der Waals surface area contributed by atoms with Crippen molar-refractivity contribution in [3.8, 4) is 11.3 Å². The molecule has 2 aliphatic rings. The van der Waals surface area contributed by atoms with Crippen LogP contribution in [0.1, 0.15) is 36.2 Å². The molecule has 0 spiro atoms. The number of rotatable bonds is 5. The second-order valence-corrected chi connectivity index (χ2v) is 7.69. The summed E-state index contributed by atoms with van der Waals surface area (Å²) in [6, 6.07) is 11.6. The number of nitrogens with one attached hydrogen (secondary N) is 3. The molecule has 7 nitrogen and oxygen atoms in total. The van der Waals surface area contributed by atoms with Crippen molar-refractivity contribution >= 4 is 24.2 Å². The van der Waals surface area contributed by atoms with Crippen LogP contribution in [0.25, 0.3) is 11.3 Å². The maximum atomic E-state index is 12.9. The second-order valence-electron chi connectivity index (χ2n) is 7.69. The van der Waals surface area contributed by atoms with E-state index in [1.54, 1.807) is 0 Å². The van der Waals surface area contributed by atoms with Crippen LogP contribution >= 0.6 is 12.4 Å². The Hall–Kier alpha value is -2.38. The molecular formula is C21H28ClN5O2. The molecule has 1 aromatic carbocycles. The van der Waals surface area contributed by atoms with Crippen molar-refractivity contribution < 1.29 is 9.59 Å². The summed E-state index contributed by atoms with van der Waals surface area (Å²) in [6.07, 6.45) is 3.94. The molecule has 1 aromatic heterocycles. The van der Waals surface area contributed by atoms with E-state index in [1.165, 1.54) is 0 Å². The molecule has 2 atom stereocenters. The van der Waals surface area contributed by atoms with Gasteiger partial charge in [-0.25, -0.2) is 0 Å². The molecule has 3 heterocycles. The third-order valence-corrected chi connectivity index (χ3v) is 5.63. The van der Waals surface area contributed by atoms with E-state index < -0.39 is 0 Å². The number of aromatic nitrogens is 2. The minimum atomic E-state index is -0.0530. The Bertz CT molecular complexity index is 819. The molecule has 0 saturated carbocycles. The van der Waals surface area contributed by atoms with Crippen LogP contribution in [0.5, 0.6) is 0 Å². The van der Waals surface area contributed by atoms with E-state index in [1.807, 2.05) is 41.3 Å². The Kier molecular flexibility index (Phi) is 7.28. The van der Waals surface area contributed by atoms with Gasteiger partial charge in [0.25, 0.3) is 5.91 Å². The van der Waals surface area contributed by atoms with Crippen molar-refractivity contribution in [3.63, 3.8) is 0 Å². The number of carbonyl (C=O) groups excluding carboxylic acids is 2. The van der Waals surface area contributed by atoms with Gasteiger partial charge in [-0.2, -0.15) is 5.10 Å². The van der Waals surface area contributed by atoms with Crippen LogP contribution in [0.2, 0.25) is 0 Å². The van der Waals surface area contributed by atoms with E-state index in [-0.39, 0.29) is 30.3 Å². The van der Waals surface area contributed by atoms with Gasteiger partial charge < -0.3 is 15.5 Å². The molecule has 2 aromatic rings. The number of carbonyl (C=O) groups is 2. The van der Waals surface area contributed by atoms with Gasteiger partial charge >= 0.3 is 0 Å². The summed E-state index contributed by atoms with van der Waals surface area (Å²) in [6.45, 7) is 2.95. The number of benzene rings is 1. The van der Waals surface area contributed by atoms with Gasteiger partial charge in [0.1, 0.15) is 5.69 Å². The Labute approximate surface area is 177 Å². The number of piperidine rings is 1. The highest BCUT2D eigenvalue weighted by Crippen LogP contribution is 2.21. The summed E-state index contributed by atoms with van der Waals surface area (Å²) < 4.78 is 0. The Morgan fingerprint density at radius 2 is 2.00 bits per heavy atom. The monoisotopic (exact) mass is 417 g/mol. The summed E-state index contributed by atoms with van der Waals surface area (Å²) in [5.41, 5.74) is 2.27. The lowest BCUT2D eigenvalue weighted by atomic mass is 9.97. The van der Waals surface area contributed by atoms with Gasteiger partial charge in [0.15, 0.2) is 0 Å². The van der Waals surface area contributed by atoms with E-state index in [0.717, 1.165) is 50.0 Å². The standard InChI is InChI=1S/C21H27N5O2.ClH/c27-20(17-9-4-10-22-17)23-13-15-6-5-11-26(14-15)21(28)19-12-18(24-25-19)16-7-2-1-3-8-16;/h1-3,7-8,12,15,17,22H,4-6,9-11,13-14H2,(H,23,27)(H,24,25);1H. The summed E-state index contributed by atoms with van der Waals surface area (Å²) >= 11 is 0. The minimum absolute atomic E-state index is 0. The predicted molar refractivity (Wildman–Crippen MR) is 114 cm³/mol. The van der Waals surface area contributed by atoms with Crippen LogP contribution in [-0.2, 0) is 4.79 Å². The number of aromatic amines is 1. The number of halogens is 1. The van der Waals surface area contributed by atoms with Crippen molar-refractivity contribution in [1.82, 2.24) is 25.7 Å². The lowest BCUT2D eigenvalue weighted by Crippen LogP contribution is -2.46. The van der Waals surface area contributed by atoms with Crippen LogP contribution in [0, 0.1) is 5.92 Å². The molecule has 29 heavy (non-hydrogen) atoms. The van der Waals surface area contributed by atoms with Crippen LogP contribution < -0.4 is 10.6 Å². The molecule has 2 unspecified atom stereocenters. The van der Waals surface area contributed by atoms with E-state index >= 15 is 0 Å². The topological polar surface area (TPSA) is 90.1 Å². The van der Waals surface area contributed by atoms with E-state index in [9.17, 15) is 9.59 Å². The lowest BCUT2D eigenvalue weighted by molar-refractivity contribution is -0.123. The van der Waals surface area contributed by atoms with Crippen molar-refractivity contribution in [3.05, 3.63) is 42.1 Å². The number of hydrogen-bond donors (Lipinski definition) is 3. The first-order chi connectivity index (χ1) is 13.7.